The van der Waals surface area contributed by atoms with E-state index in [0.29, 0.717) is 30.6 Å². The Kier molecular flexibility index (Phi) is 13.7. The molecule has 1 aliphatic rings. The second-order valence-corrected chi connectivity index (χ2v) is 13.9. The number of aliphatic hydroxyl groups is 1. The van der Waals surface area contributed by atoms with Gasteiger partial charge in [0.2, 0.25) is 11.8 Å². The number of hydrogen-bond acceptors (Lipinski definition) is 13. The molecule has 46 heavy (non-hydrogen) atoms. The number of imidazole rings is 1. The maximum atomic E-state index is 14.5. The fraction of sp³-hybridized carbons (Fsp3) is 0.759. The van der Waals surface area contributed by atoms with Crippen LogP contribution in [0.15, 0.2) is 6.33 Å². The normalized spacial score (nSPS) is 21.5. The fourth-order valence-corrected chi connectivity index (χ4v) is 6.97. The minimum atomic E-state index is -4.17. The number of anilines is 1. The second kappa shape index (κ2) is 16.8. The van der Waals surface area contributed by atoms with Crippen LogP contribution in [-0.2, 0) is 32.9 Å². The van der Waals surface area contributed by atoms with E-state index in [-0.39, 0.29) is 43.5 Å². The van der Waals surface area contributed by atoms with Gasteiger partial charge in [0.15, 0.2) is 17.4 Å². The number of aliphatic hydroxyl groups excluding tert-OH is 1. The molecule has 5 N–H and O–H groups in total. The van der Waals surface area contributed by atoms with Crippen molar-refractivity contribution in [3.63, 3.8) is 0 Å². The number of ether oxygens (including phenoxy) is 4. The monoisotopic (exact) mass is 671 g/mol. The van der Waals surface area contributed by atoms with Gasteiger partial charge < -0.3 is 34.3 Å². The fourth-order valence-electron chi connectivity index (χ4n) is 5.15. The first-order valence-corrected chi connectivity index (χ1v) is 17.5. The molecule has 1 saturated heterocycles. The molecule has 1 fully saturated rings. The van der Waals surface area contributed by atoms with Crippen molar-refractivity contribution in [2.45, 2.75) is 98.8 Å². The quantitative estimate of drug-likeness (QED) is 0.133. The van der Waals surface area contributed by atoms with Gasteiger partial charge in [0.1, 0.15) is 18.2 Å². The van der Waals surface area contributed by atoms with E-state index in [2.05, 4.69) is 25.1 Å². The highest BCUT2D eigenvalue weighted by atomic mass is 31.2. The van der Waals surface area contributed by atoms with Crippen LogP contribution < -0.4 is 20.6 Å². The molecule has 0 radical (unpaired) electrons. The number of carbonyl (C=O) groups excluding carboxylic acids is 2. The van der Waals surface area contributed by atoms with Gasteiger partial charge in [0.25, 0.3) is 0 Å². The van der Waals surface area contributed by atoms with Gasteiger partial charge in [-0.3, -0.25) is 18.7 Å². The zero-order valence-corrected chi connectivity index (χ0v) is 28.9. The van der Waals surface area contributed by atoms with Gasteiger partial charge in [0, 0.05) is 5.92 Å². The highest BCUT2D eigenvalue weighted by molar-refractivity contribution is 7.54. The Labute approximate surface area is 270 Å². The molecule has 0 aromatic carbocycles. The molecule has 260 valence electrons. The third-order valence-electron chi connectivity index (χ3n) is 7.32. The standard InChI is InChI=1S/C29H50N7O9P/c1-9-41-25-22-24(32-29(30)33-25)36(15-31-22)26-23(37)18(8)21(45-26)14-44-46(40,34-19(12-16(4)5)27(38)42-10-2)35-20(13-17(6)7)28(39)43-11-3/h15-21,23,26,37H,9-14H2,1-8H3,(H2,30,32,33)(H2,34,35,40)/t18-,19+,20+,21-,23-,26-/m1/s1. The molecule has 1 aliphatic heterocycles. The molecule has 3 heterocycles. The average Bonchev–Trinajstić information content (AvgIpc) is 3.51. The Morgan fingerprint density at radius 1 is 1.02 bits per heavy atom. The van der Waals surface area contributed by atoms with Crippen molar-refractivity contribution in [3.8, 4) is 5.88 Å². The minimum Gasteiger partial charge on any atom is -0.476 e. The van der Waals surface area contributed by atoms with E-state index in [4.69, 9.17) is 29.2 Å². The molecular weight excluding hydrogens is 621 g/mol. The van der Waals surface area contributed by atoms with Crippen molar-refractivity contribution in [1.29, 1.82) is 0 Å². The van der Waals surface area contributed by atoms with Crippen molar-refractivity contribution in [3.05, 3.63) is 6.33 Å². The Morgan fingerprint density at radius 3 is 2.09 bits per heavy atom. The van der Waals surface area contributed by atoms with Crippen LogP contribution in [0, 0.1) is 17.8 Å². The first kappa shape index (κ1) is 37.6. The van der Waals surface area contributed by atoms with Crippen LogP contribution in [0.3, 0.4) is 0 Å². The smallest absolute Gasteiger partial charge is 0.342 e. The number of esters is 2. The van der Waals surface area contributed by atoms with E-state index in [1.54, 1.807) is 27.7 Å². The molecule has 3 rings (SSSR count). The van der Waals surface area contributed by atoms with E-state index in [1.807, 2.05) is 27.7 Å². The zero-order chi connectivity index (χ0) is 34.2. The summed E-state index contributed by atoms with van der Waals surface area (Å²) in [5, 5.41) is 16.9. The number of nitrogen functional groups attached to an aromatic ring is 1. The van der Waals surface area contributed by atoms with Crippen LogP contribution in [0.2, 0.25) is 0 Å². The van der Waals surface area contributed by atoms with Crippen molar-refractivity contribution in [1.82, 2.24) is 29.7 Å². The molecule has 0 saturated carbocycles. The number of carbonyl (C=O) groups is 2. The number of nitrogens with zero attached hydrogens (tertiary/aromatic N) is 4. The van der Waals surface area contributed by atoms with Crippen molar-refractivity contribution < 1.29 is 42.7 Å². The third-order valence-corrected chi connectivity index (χ3v) is 9.14. The summed E-state index contributed by atoms with van der Waals surface area (Å²) in [6.07, 6.45) is -0.718. The number of hydrogen-bond donors (Lipinski definition) is 4. The molecule has 2 aromatic rings. The number of rotatable bonds is 18. The maximum Gasteiger partial charge on any atom is 0.342 e. The van der Waals surface area contributed by atoms with Gasteiger partial charge >= 0.3 is 19.6 Å². The molecule has 0 unspecified atom stereocenters. The van der Waals surface area contributed by atoms with Crippen LogP contribution in [0.25, 0.3) is 11.2 Å². The second-order valence-electron chi connectivity index (χ2n) is 12.0. The van der Waals surface area contributed by atoms with Crippen molar-refractivity contribution >= 4 is 36.7 Å². The van der Waals surface area contributed by atoms with E-state index in [9.17, 15) is 19.3 Å². The third kappa shape index (κ3) is 9.58. The first-order chi connectivity index (χ1) is 21.7. The molecule has 0 aliphatic carbocycles. The molecule has 0 bridgehead atoms. The van der Waals surface area contributed by atoms with Crippen molar-refractivity contribution in [2.24, 2.45) is 17.8 Å². The summed E-state index contributed by atoms with van der Waals surface area (Å²) < 4.78 is 44.4. The largest absolute Gasteiger partial charge is 0.476 e. The topological polar surface area (TPSA) is 211 Å². The maximum absolute atomic E-state index is 14.5. The van der Waals surface area contributed by atoms with E-state index in [0.717, 1.165) is 0 Å². The van der Waals surface area contributed by atoms with Crippen LogP contribution in [0.5, 0.6) is 5.88 Å². The number of fused-ring (bicyclic) bond motifs is 1. The highest BCUT2D eigenvalue weighted by Crippen LogP contribution is 2.43. The van der Waals surface area contributed by atoms with Gasteiger partial charge in [-0.2, -0.15) is 9.97 Å². The average molecular weight is 672 g/mol. The lowest BCUT2D eigenvalue weighted by Crippen LogP contribution is -2.46. The van der Waals surface area contributed by atoms with E-state index < -0.39 is 56.0 Å². The lowest BCUT2D eigenvalue weighted by Gasteiger charge is -2.30. The lowest BCUT2D eigenvalue weighted by molar-refractivity contribution is -0.146. The number of nitrogens with two attached hydrogens (primary N) is 1. The summed E-state index contributed by atoms with van der Waals surface area (Å²) in [4.78, 5) is 38.5. The van der Waals surface area contributed by atoms with Gasteiger partial charge in [0.05, 0.1) is 38.9 Å². The Bertz CT molecular complexity index is 1320. The molecular formula is C29H50N7O9P. The minimum absolute atomic E-state index is 0.0343. The lowest BCUT2D eigenvalue weighted by atomic mass is 10.0. The number of aromatic nitrogens is 4. The molecule has 0 spiro atoms. The Hall–Kier alpha value is -2.88. The zero-order valence-electron chi connectivity index (χ0n) is 28.0. The molecule has 0 amide bonds. The van der Waals surface area contributed by atoms with Crippen molar-refractivity contribution in [2.75, 3.05) is 32.2 Å². The van der Waals surface area contributed by atoms with Crippen LogP contribution in [0.4, 0.5) is 5.95 Å². The summed E-state index contributed by atoms with van der Waals surface area (Å²) in [6.45, 7) is 14.9. The highest BCUT2D eigenvalue weighted by Gasteiger charge is 2.45. The van der Waals surface area contributed by atoms with Gasteiger partial charge in [-0.05, 0) is 45.4 Å². The molecule has 17 heteroatoms. The summed E-state index contributed by atoms with van der Waals surface area (Å²) in [5.41, 5.74) is 6.56. The predicted molar refractivity (Wildman–Crippen MR) is 170 cm³/mol. The van der Waals surface area contributed by atoms with Gasteiger partial charge in [-0.15, -0.1) is 0 Å². The molecule has 6 atom stereocenters. The Morgan fingerprint density at radius 2 is 1.59 bits per heavy atom. The van der Waals surface area contributed by atoms with Gasteiger partial charge in [-0.1, -0.05) is 34.6 Å². The summed E-state index contributed by atoms with van der Waals surface area (Å²) >= 11 is 0. The first-order valence-electron chi connectivity index (χ1n) is 15.8. The van der Waals surface area contributed by atoms with Gasteiger partial charge in [-0.25, -0.2) is 15.2 Å². The van der Waals surface area contributed by atoms with Crippen LogP contribution in [-0.4, -0.2) is 87.3 Å². The Balaban J connectivity index is 1.90. The SMILES string of the molecule is CCOC(=O)[C@H](CC(C)C)NP(=O)(N[C@@H](CC(C)C)C(=O)OCC)OC[C@H]1O[C@@H](n2cnc3c(OCC)nc(N)nc32)[C@H](O)[C@@H]1C. The summed E-state index contributed by atoms with van der Waals surface area (Å²) in [7, 11) is -4.17. The number of nitrogens with one attached hydrogen (secondary N) is 2. The van der Waals surface area contributed by atoms with E-state index >= 15 is 0 Å². The van der Waals surface area contributed by atoms with E-state index in [1.165, 1.54) is 10.9 Å². The molecule has 16 nitrogen and oxygen atoms in total. The van der Waals surface area contributed by atoms with Crippen LogP contribution in [0.1, 0.15) is 74.5 Å². The molecule has 2 aromatic heterocycles. The van der Waals surface area contributed by atoms with Crippen LogP contribution >= 0.6 is 7.67 Å². The predicted octanol–water partition coefficient (Wildman–Crippen LogP) is 2.96. The summed E-state index contributed by atoms with van der Waals surface area (Å²) in [6, 6.07) is -2.00. The summed E-state index contributed by atoms with van der Waals surface area (Å²) in [5.74, 6) is -1.46.